The first-order chi connectivity index (χ1) is 12.6. The molecule has 7 nitrogen and oxygen atoms in total. The van der Waals surface area contributed by atoms with Crippen molar-refractivity contribution in [2.75, 3.05) is 18.0 Å². The van der Waals surface area contributed by atoms with Crippen LogP contribution in [0.4, 0.5) is 11.4 Å². The molecule has 2 aromatic carbocycles. The van der Waals surface area contributed by atoms with Gasteiger partial charge in [0.1, 0.15) is 5.69 Å². The van der Waals surface area contributed by atoms with E-state index in [0.29, 0.717) is 38.2 Å². The minimum absolute atomic E-state index is 0.0987. The van der Waals surface area contributed by atoms with Crippen molar-refractivity contribution >= 4 is 17.3 Å². The lowest BCUT2D eigenvalue weighted by Crippen LogP contribution is -2.40. The minimum atomic E-state index is -0.369. The third-order valence-corrected chi connectivity index (χ3v) is 4.54. The Kier molecular flexibility index (Phi) is 5.80. The summed E-state index contributed by atoms with van der Waals surface area (Å²) in [4.78, 5) is 30.3. The number of nitro benzene ring substituents is 1. The number of nitrogens with one attached hydrogen (secondary N) is 1. The molecule has 1 aliphatic rings. The van der Waals surface area contributed by atoms with Gasteiger partial charge in [-0.3, -0.25) is 19.7 Å². The number of nitrogens with zero attached hydrogens (tertiary/aromatic N) is 2. The number of anilines is 1. The van der Waals surface area contributed by atoms with Crippen LogP contribution in [0.1, 0.15) is 18.4 Å². The number of benzene rings is 2. The van der Waals surface area contributed by atoms with Crippen LogP contribution >= 0.6 is 0 Å². The van der Waals surface area contributed by atoms with Crippen molar-refractivity contribution in [1.29, 1.82) is 0 Å². The van der Waals surface area contributed by atoms with E-state index in [4.69, 9.17) is 4.84 Å². The first-order valence-corrected chi connectivity index (χ1v) is 8.59. The first-order valence-electron chi connectivity index (χ1n) is 8.59. The van der Waals surface area contributed by atoms with Crippen LogP contribution in [0.2, 0.25) is 0 Å². The lowest BCUT2D eigenvalue weighted by Gasteiger charge is -2.32. The van der Waals surface area contributed by atoms with Gasteiger partial charge in [-0.1, -0.05) is 42.5 Å². The van der Waals surface area contributed by atoms with Gasteiger partial charge in [0.05, 0.1) is 11.5 Å². The van der Waals surface area contributed by atoms with Gasteiger partial charge in [-0.25, -0.2) is 5.48 Å². The minimum Gasteiger partial charge on any atom is -0.366 e. The summed E-state index contributed by atoms with van der Waals surface area (Å²) in [5, 5.41) is 11.2. The Morgan fingerprint density at radius 3 is 2.46 bits per heavy atom. The fourth-order valence-electron chi connectivity index (χ4n) is 3.12. The number of hydrogen-bond acceptors (Lipinski definition) is 5. The Morgan fingerprint density at radius 2 is 1.77 bits per heavy atom. The van der Waals surface area contributed by atoms with Gasteiger partial charge in [0, 0.05) is 25.1 Å². The molecule has 1 N–H and O–H groups in total. The molecule has 0 atom stereocenters. The highest BCUT2D eigenvalue weighted by Gasteiger charge is 2.28. The molecule has 1 heterocycles. The molecule has 7 heteroatoms. The van der Waals surface area contributed by atoms with Gasteiger partial charge in [0.15, 0.2) is 0 Å². The molecule has 0 aromatic heterocycles. The number of nitro groups is 1. The molecule has 136 valence electrons. The number of carbonyl (C=O) groups is 1. The Hall–Kier alpha value is -2.93. The fraction of sp³-hybridized carbons (Fsp3) is 0.316. The van der Waals surface area contributed by atoms with E-state index in [0.717, 1.165) is 5.56 Å². The Balaban J connectivity index is 1.49. The highest BCUT2D eigenvalue weighted by molar-refractivity contribution is 5.78. The summed E-state index contributed by atoms with van der Waals surface area (Å²) in [6, 6.07) is 16.3. The maximum absolute atomic E-state index is 12.2. The van der Waals surface area contributed by atoms with Crippen LogP contribution in [0.5, 0.6) is 0 Å². The van der Waals surface area contributed by atoms with E-state index in [9.17, 15) is 14.9 Å². The maximum Gasteiger partial charge on any atom is 0.292 e. The molecule has 0 radical (unpaired) electrons. The van der Waals surface area contributed by atoms with Gasteiger partial charge in [-0.15, -0.1) is 0 Å². The number of hydroxylamine groups is 1. The molecule has 1 saturated heterocycles. The molecule has 0 spiro atoms. The molecule has 1 aliphatic heterocycles. The standard InChI is InChI=1S/C19H21N3O4/c23-19(20-26-14-15-6-2-1-3-7-15)16-10-12-21(13-11-16)17-8-4-5-9-18(17)22(24)25/h1-9,16H,10-14H2,(H,20,23). The smallest absolute Gasteiger partial charge is 0.292 e. The zero-order valence-corrected chi connectivity index (χ0v) is 14.3. The summed E-state index contributed by atoms with van der Waals surface area (Å²) in [5.74, 6) is -0.284. The SMILES string of the molecule is O=C(NOCc1ccccc1)C1CCN(c2ccccc2[N+](=O)[O-])CC1. The molecule has 2 aromatic rings. The second-order valence-electron chi connectivity index (χ2n) is 6.25. The largest absolute Gasteiger partial charge is 0.366 e. The Morgan fingerprint density at radius 1 is 1.12 bits per heavy atom. The summed E-state index contributed by atoms with van der Waals surface area (Å²) in [6.07, 6.45) is 1.26. The lowest BCUT2D eigenvalue weighted by molar-refractivity contribution is -0.384. The average Bonchev–Trinajstić information content (AvgIpc) is 2.69. The molecule has 0 unspecified atom stereocenters. The van der Waals surface area contributed by atoms with Crippen LogP contribution in [0, 0.1) is 16.0 Å². The van der Waals surface area contributed by atoms with E-state index in [-0.39, 0.29) is 22.4 Å². The lowest BCUT2D eigenvalue weighted by atomic mass is 9.95. The monoisotopic (exact) mass is 355 g/mol. The zero-order valence-electron chi connectivity index (χ0n) is 14.3. The number of hydrogen-bond donors (Lipinski definition) is 1. The third-order valence-electron chi connectivity index (χ3n) is 4.54. The van der Waals surface area contributed by atoms with E-state index < -0.39 is 0 Å². The van der Waals surface area contributed by atoms with E-state index in [2.05, 4.69) is 5.48 Å². The number of para-hydroxylation sites is 2. The van der Waals surface area contributed by atoms with Crippen LogP contribution in [0.15, 0.2) is 54.6 Å². The van der Waals surface area contributed by atoms with Gasteiger partial charge < -0.3 is 4.90 Å². The van der Waals surface area contributed by atoms with Gasteiger partial charge in [0.25, 0.3) is 5.69 Å². The van der Waals surface area contributed by atoms with Crippen molar-refractivity contribution in [3.8, 4) is 0 Å². The van der Waals surface area contributed by atoms with E-state index in [1.165, 1.54) is 6.07 Å². The number of amides is 1. The highest BCUT2D eigenvalue weighted by Crippen LogP contribution is 2.31. The van der Waals surface area contributed by atoms with Crippen LogP contribution in [-0.2, 0) is 16.2 Å². The average molecular weight is 355 g/mol. The van der Waals surface area contributed by atoms with Crippen LogP contribution < -0.4 is 10.4 Å². The van der Waals surface area contributed by atoms with Gasteiger partial charge in [0.2, 0.25) is 5.91 Å². The third kappa shape index (κ3) is 4.37. The Bertz CT molecular complexity index is 758. The summed E-state index contributed by atoms with van der Waals surface area (Å²) < 4.78 is 0. The molecule has 1 fully saturated rings. The predicted octanol–water partition coefficient (Wildman–Crippen LogP) is 3.06. The van der Waals surface area contributed by atoms with Crippen molar-refractivity contribution < 1.29 is 14.6 Å². The molecule has 3 rings (SSSR count). The van der Waals surface area contributed by atoms with Crippen molar-refractivity contribution in [1.82, 2.24) is 5.48 Å². The summed E-state index contributed by atoms with van der Waals surface area (Å²) in [7, 11) is 0. The van der Waals surface area contributed by atoms with Crippen LogP contribution in [0.3, 0.4) is 0 Å². The van der Waals surface area contributed by atoms with Gasteiger partial charge >= 0.3 is 0 Å². The topological polar surface area (TPSA) is 84.7 Å². The van der Waals surface area contributed by atoms with Crippen molar-refractivity contribution in [2.24, 2.45) is 5.92 Å². The highest BCUT2D eigenvalue weighted by atomic mass is 16.7. The second-order valence-corrected chi connectivity index (χ2v) is 6.25. The van der Waals surface area contributed by atoms with E-state index in [1.54, 1.807) is 18.2 Å². The molecular weight excluding hydrogens is 334 g/mol. The fourth-order valence-corrected chi connectivity index (χ4v) is 3.12. The molecule has 0 saturated carbocycles. The molecule has 1 amide bonds. The maximum atomic E-state index is 12.2. The van der Waals surface area contributed by atoms with E-state index in [1.807, 2.05) is 35.2 Å². The summed E-state index contributed by atoms with van der Waals surface area (Å²) in [5.41, 5.74) is 4.21. The van der Waals surface area contributed by atoms with Crippen molar-refractivity contribution in [3.63, 3.8) is 0 Å². The van der Waals surface area contributed by atoms with Gasteiger partial charge in [-0.2, -0.15) is 0 Å². The van der Waals surface area contributed by atoms with Gasteiger partial charge in [-0.05, 0) is 24.5 Å². The number of piperidine rings is 1. The van der Waals surface area contributed by atoms with E-state index >= 15 is 0 Å². The van der Waals surface area contributed by atoms with Crippen molar-refractivity contribution in [3.05, 3.63) is 70.3 Å². The van der Waals surface area contributed by atoms with Crippen molar-refractivity contribution in [2.45, 2.75) is 19.4 Å². The molecule has 0 aliphatic carbocycles. The normalized spacial score (nSPS) is 14.8. The molecular formula is C19H21N3O4. The zero-order chi connectivity index (χ0) is 18.4. The van der Waals surface area contributed by atoms with Crippen LogP contribution in [-0.4, -0.2) is 23.9 Å². The Labute approximate surface area is 151 Å². The number of carbonyl (C=O) groups excluding carboxylic acids is 1. The molecule has 0 bridgehead atoms. The summed E-state index contributed by atoms with van der Waals surface area (Å²) >= 11 is 0. The second kappa shape index (κ2) is 8.44. The summed E-state index contributed by atoms with van der Waals surface area (Å²) in [6.45, 7) is 1.52. The quantitative estimate of drug-likeness (QED) is 0.636. The molecule has 26 heavy (non-hydrogen) atoms. The number of rotatable bonds is 6. The first kappa shape index (κ1) is 17.9. The predicted molar refractivity (Wildman–Crippen MR) is 97.4 cm³/mol. The van der Waals surface area contributed by atoms with Crippen LogP contribution in [0.25, 0.3) is 0 Å².